The molecule has 21 heavy (non-hydrogen) atoms. The lowest BCUT2D eigenvalue weighted by molar-refractivity contribution is 0.101. The van der Waals surface area contributed by atoms with Crippen LogP contribution in [0.15, 0.2) is 54.3 Å². The fourth-order valence-corrected chi connectivity index (χ4v) is 2.45. The highest BCUT2D eigenvalue weighted by Gasteiger charge is 2.26. The predicted molar refractivity (Wildman–Crippen MR) is 84.4 cm³/mol. The summed E-state index contributed by atoms with van der Waals surface area (Å²) in [5.74, 6) is 1.01. The van der Waals surface area contributed by atoms with Gasteiger partial charge in [-0.25, -0.2) is 0 Å². The van der Waals surface area contributed by atoms with Crippen molar-refractivity contribution in [1.29, 1.82) is 0 Å². The monoisotopic (exact) mass is 278 g/mol. The van der Waals surface area contributed by atoms with Gasteiger partial charge in [0.2, 0.25) is 5.78 Å². The van der Waals surface area contributed by atoms with Gasteiger partial charge in [-0.05, 0) is 42.2 Å². The van der Waals surface area contributed by atoms with E-state index in [0.717, 1.165) is 12.0 Å². The molecular weight excluding hydrogens is 260 g/mol. The summed E-state index contributed by atoms with van der Waals surface area (Å²) in [5.41, 5.74) is 2.97. The van der Waals surface area contributed by atoms with E-state index in [1.807, 2.05) is 36.4 Å². The molecular formula is C19H18O2. The summed E-state index contributed by atoms with van der Waals surface area (Å²) in [4.78, 5) is 12.2. The largest absolute Gasteiger partial charge is 0.452 e. The van der Waals surface area contributed by atoms with Crippen molar-refractivity contribution in [3.63, 3.8) is 0 Å². The minimum absolute atomic E-state index is 0.0411. The molecule has 1 heterocycles. The Morgan fingerprint density at radius 1 is 1.05 bits per heavy atom. The zero-order valence-corrected chi connectivity index (χ0v) is 12.1. The summed E-state index contributed by atoms with van der Waals surface area (Å²) in [6.07, 6.45) is 5.32. The van der Waals surface area contributed by atoms with E-state index in [0.29, 0.717) is 17.1 Å². The summed E-state index contributed by atoms with van der Waals surface area (Å²) in [7, 11) is 0. The molecule has 0 N–H and O–H groups in total. The first kappa shape index (κ1) is 13.6. The molecule has 106 valence electrons. The van der Waals surface area contributed by atoms with Crippen LogP contribution in [0, 0.1) is 0 Å². The third-order valence-electron chi connectivity index (χ3n) is 3.67. The Balaban J connectivity index is 1.79. The molecule has 0 bridgehead atoms. The molecule has 2 nitrogen and oxygen atoms in total. The Bertz CT molecular complexity index is 681. The van der Waals surface area contributed by atoms with Crippen molar-refractivity contribution in [3.8, 4) is 5.75 Å². The topological polar surface area (TPSA) is 26.3 Å². The molecule has 0 saturated heterocycles. The smallest absolute Gasteiger partial charge is 0.231 e. The van der Waals surface area contributed by atoms with Gasteiger partial charge in [0.1, 0.15) is 5.75 Å². The number of ketones is 1. The highest BCUT2D eigenvalue weighted by molar-refractivity contribution is 6.14. The van der Waals surface area contributed by atoms with E-state index in [1.165, 1.54) is 18.4 Å². The second-order valence-corrected chi connectivity index (χ2v) is 5.28. The summed E-state index contributed by atoms with van der Waals surface area (Å²) in [6.45, 7) is 2.19. The fourth-order valence-electron chi connectivity index (χ4n) is 2.45. The van der Waals surface area contributed by atoms with Gasteiger partial charge in [-0.3, -0.25) is 4.79 Å². The number of carbonyl (C=O) groups excluding carboxylic acids is 1. The molecule has 0 spiro atoms. The predicted octanol–water partition coefficient (Wildman–Crippen LogP) is 4.65. The zero-order chi connectivity index (χ0) is 14.7. The average molecular weight is 278 g/mol. The Morgan fingerprint density at radius 3 is 2.52 bits per heavy atom. The first-order chi connectivity index (χ1) is 10.3. The standard InChI is InChI=1S/C19H18O2/c1-2-3-6-14-9-11-15(12-10-14)13-18-19(20)16-7-4-5-8-17(16)21-18/h4-5,7-13H,2-3,6H2,1H3/b18-13-. The van der Waals surface area contributed by atoms with Gasteiger partial charge in [-0.15, -0.1) is 0 Å². The molecule has 2 aromatic carbocycles. The lowest BCUT2D eigenvalue weighted by Gasteiger charge is -2.01. The van der Waals surface area contributed by atoms with Crippen LogP contribution in [-0.4, -0.2) is 5.78 Å². The SMILES string of the molecule is CCCCc1ccc(/C=C2\Oc3ccccc3C2=O)cc1. The van der Waals surface area contributed by atoms with E-state index in [-0.39, 0.29) is 5.78 Å². The van der Waals surface area contributed by atoms with Crippen molar-refractivity contribution in [1.82, 2.24) is 0 Å². The third kappa shape index (κ3) is 2.89. The maximum Gasteiger partial charge on any atom is 0.231 e. The molecule has 0 saturated carbocycles. The van der Waals surface area contributed by atoms with Gasteiger partial charge >= 0.3 is 0 Å². The van der Waals surface area contributed by atoms with E-state index in [2.05, 4.69) is 19.1 Å². The minimum Gasteiger partial charge on any atom is -0.452 e. The molecule has 1 aliphatic rings. The van der Waals surface area contributed by atoms with Gasteiger partial charge in [0.15, 0.2) is 5.76 Å². The van der Waals surface area contributed by atoms with Crippen molar-refractivity contribution in [2.75, 3.05) is 0 Å². The van der Waals surface area contributed by atoms with Crippen molar-refractivity contribution >= 4 is 11.9 Å². The number of benzene rings is 2. The molecule has 0 radical (unpaired) electrons. The maximum atomic E-state index is 12.2. The normalized spacial score (nSPS) is 15.1. The second-order valence-electron chi connectivity index (χ2n) is 5.28. The van der Waals surface area contributed by atoms with Crippen LogP contribution in [0.2, 0.25) is 0 Å². The van der Waals surface area contributed by atoms with Crippen molar-refractivity contribution < 1.29 is 9.53 Å². The molecule has 0 unspecified atom stereocenters. The lowest BCUT2D eigenvalue weighted by Crippen LogP contribution is -1.98. The van der Waals surface area contributed by atoms with Crippen LogP contribution in [0.5, 0.6) is 5.75 Å². The van der Waals surface area contributed by atoms with Crippen LogP contribution < -0.4 is 4.74 Å². The Morgan fingerprint density at radius 2 is 1.81 bits per heavy atom. The molecule has 0 fully saturated rings. The number of ether oxygens (including phenoxy) is 1. The Hall–Kier alpha value is -2.35. The van der Waals surface area contributed by atoms with Crippen molar-refractivity contribution in [3.05, 3.63) is 71.0 Å². The molecule has 2 aromatic rings. The van der Waals surface area contributed by atoms with E-state index < -0.39 is 0 Å². The summed E-state index contributed by atoms with van der Waals surface area (Å²) in [5, 5.41) is 0. The van der Waals surface area contributed by atoms with Crippen molar-refractivity contribution in [2.24, 2.45) is 0 Å². The van der Waals surface area contributed by atoms with E-state index in [9.17, 15) is 4.79 Å². The summed E-state index contributed by atoms with van der Waals surface area (Å²) >= 11 is 0. The van der Waals surface area contributed by atoms with Crippen LogP contribution in [0.1, 0.15) is 41.3 Å². The van der Waals surface area contributed by atoms with E-state index in [1.54, 1.807) is 6.07 Å². The highest BCUT2D eigenvalue weighted by atomic mass is 16.5. The van der Waals surface area contributed by atoms with Gasteiger partial charge in [0, 0.05) is 0 Å². The molecule has 0 aromatic heterocycles. The van der Waals surface area contributed by atoms with Crippen LogP contribution >= 0.6 is 0 Å². The van der Waals surface area contributed by atoms with Gasteiger partial charge in [-0.1, -0.05) is 49.7 Å². The fraction of sp³-hybridized carbons (Fsp3) is 0.211. The summed E-state index contributed by atoms with van der Waals surface area (Å²) < 4.78 is 5.63. The third-order valence-corrected chi connectivity index (χ3v) is 3.67. The van der Waals surface area contributed by atoms with Gasteiger partial charge in [0.05, 0.1) is 5.56 Å². The Labute approximate surface area is 125 Å². The van der Waals surface area contributed by atoms with Crippen LogP contribution in [0.3, 0.4) is 0 Å². The quantitative estimate of drug-likeness (QED) is 0.761. The lowest BCUT2D eigenvalue weighted by atomic mass is 10.1. The minimum atomic E-state index is -0.0411. The van der Waals surface area contributed by atoms with Crippen LogP contribution in [0.4, 0.5) is 0 Å². The number of para-hydroxylation sites is 1. The molecule has 0 atom stereocenters. The molecule has 0 aliphatic carbocycles. The average Bonchev–Trinajstić information content (AvgIpc) is 2.83. The number of hydrogen-bond donors (Lipinski definition) is 0. The number of rotatable bonds is 4. The van der Waals surface area contributed by atoms with Gasteiger partial charge in [-0.2, -0.15) is 0 Å². The van der Waals surface area contributed by atoms with Gasteiger partial charge in [0.25, 0.3) is 0 Å². The first-order valence-electron chi connectivity index (χ1n) is 7.40. The highest BCUT2D eigenvalue weighted by Crippen LogP contribution is 2.31. The Kier molecular flexibility index (Phi) is 3.87. The molecule has 3 rings (SSSR count). The number of carbonyl (C=O) groups is 1. The van der Waals surface area contributed by atoms with Crippen LogP contribution in [-0.2, 0) is 6.42 Å². The maximum absolute atomic E-state index is 12.2. The van der Waals surface area contributed by atoms with Crippen molar-refractivity contribution in [2.45, 2.75) is 26.2 Å². The number of hydrogen-bond acceptors (Lipinski definition) is 2. The first-order valence-corrected chi connectivity index (χ1v) is 7.40. The van der Waals surface area contributed by atoms with E-state index in [4.69, 9.17) is 4.74 Å². The second kappa shape index (κ2) is 5.96. The molecule has 2 heteroatoms. The number of Topliss-reactive ketones (excluding diaryl/α,β-unsaturated/α-hetero) is 1. The zero-order valence-electron chi connectivity index (χ0n) is 12.1. The summed E-state index contributed by atoms with van der Waals surface area (Å²) in [6, 6.07) is 15.7. The van der Waals surface area contributed by atoms with Crippen LogP contribution in [0.25, 0.3) is 6.08 Å². The number of unbranched alkanes of at least 4 members (excludes halogenated alkanes) is 1. The number of fused-ring (bicyclic) bond motifs is 1. The molecule has 1 aliphatic heterocycles. The van der Waals surface area contributed by atoms with Gasteiger partial charge < -0.3 is 4.74 Å². The number of allylic oxidation sites excluding steroid dienone is 1. The number of aryl methyl sites for hydroxylation is 1. The van der Waals surface area contributed by atoms with E-state index >= 15 is 0 Å². The molecule has 0 amide bonds.